The molecule has 27 heavy (non-hydrogen) atoms. The van der Waals surface area contributed by atoms with E-state index in [1.807, 2.05) is 6.07 Å². The smallest absolute Gasteiger partial charge is 0.211 e. The van der Waals surface area contributed by atoms with E-state index in [9.17, 15) is 13.5 Å². The molecule has 1 saturated carbocycles. The molecule has 0 radical (unpaired) electrons. The maximum atomic E-state index is 11.8. The maximum absolute atomic E-state index is 11.8. The molecule has 0 unspecified atom stereocenters. The van der Waals surface area contributed by atoms with Crippen molar-refractivity contribution in [2.75, 3.05) is 12.8 Å². The normalized spacial score (nSPS) is 21.1. The Morgan fingerprint density at radius 3 is 2.70 bits per heavy atom. The molecule has 0 spiro atoms. The lowest BCUT2D eigenvalue weighted by atomic mass is 9.78. The predicted octanol–water partition coefficient (Wildman–Crippen LogP) is 2.43. The van der Waals surface area contributed by atoms with Gasteiger partial charge in [0.2, 0.25) is 10.0 Å². The number of hydrogen-bond acceptors (Lipinski definition) is 5. The molecule has 0 bridgehead atoms. The molecule has 4 rings (SSSR count). The largest absolute Gasteiger partial charge is 0.390 e. The zero-order valence-corrected chi connectivity index (χ0v) is 16.1. The topological polar surface area (TPSA) is 108 Å². The average Bonchev–Trinajstić information content (AvgIpc) is 3.16. The lowest BCUT2D eigenvalue weighted by Gasteiger charge is -2.29. The zero-order chi connectivity index (χ0) is 19.0. The summed E-state index contributed by atoms with van der Waals surface area (Å²) in [6.45, 7) is -0.0589. The van der Waals surface area contributed by atoms with E-state index >= 15 is 0 Å². The van der Waals surface area contributed by atoms with Gasteiger partial charge < -0.3 is 10.1 Å². The highest BCUT2D eigenvalue weighted by atomic mass is 32.2. The summed E-state index contributed by atoms with van der Waals surface area (Å²) in [7, 11) is -1.71. The second-order valence-corrected chi connectivity index (χ2v) is 9.30. The summed E-state index contributed by atoms with van der Waals surface area (Å²) in [5.41, 5.74) is 3.54. The lowest BCUT2D eigenvalue weighted by molar-refractivity contribution is 0.272. The van der Waals surface area contributed by atoms with E-state index in [0.29, 0.717) is 5.92 Å². The molecule has 0 atom stereocenters. The van der Waals surface area contributed by atoms with E-state index in [1.54, 1.807) is 12.4 Å². The van der Waals surface area contributed by atoms with Crippen LogP contribution in [0.15, 0.2) is 24.5 Å². The van der Waals surface area contributed by atoms with Gasteiger partial charge in [-0.3, -0.25) is 0 Å². The second-order valence-electron chi connectivity index (χ2n) is 7.33. The minimum absolute atomic E-state index is 0.0589. The molecule has 0 saturated heterocycles. The van der Waals surface area contributed by atoms with Gasteiger partial charge in [0.25, 0.3) is 0 Å². The van der Waals surface area contributed by atoms with Crippen LogP contribution in [-0.2, 0) is 16.6 Å². The average molecular weight is 388 g/mol. The first-order chi connectivity index (χ1) is 13.0. The maximum Gasteiger partial charge on any atom is 0.211 e. The van der Waals surface area contributed by atoms with Crippen molar-refractivity contribution in [2.24, 2.45) is 5.92 Å². The Labute approximate surface area is 158 Å². The number of pyridine rings is 2. The summed E-state index contributed by atoms with van der Waals surface area (Å²) in [4.78, 5) is 12.0. The lowest BCUT2D eigenvalue weighted by Crippen LogP contribution is -2.29. The van der Waals surface area contributed by atoms with Crippen molar-refractivity contribution >= 4 is 32.0 Å². The van der Waals surface area contributed by atoms with Crippen LogP contribution in [0.25, 0.3) is 21.9 Å². The van der Waals surface area contributed by atoms with Crippen molar-refractivity contribution in [3.63, 3.8) is 0 Å². The number of aliphatic hydroxyl groups excluding tert-OH is 1. The Hall–Kier alpha value is -2.03. The van der Waals surface area contributed by atoms with Gasteiger partial charge in [-0.1, -0.05) is 0 Å². The van der Waals surface area contributed by atoms with Crippen molar-refractivity contribution in [1.82, 2.24) is 19.7 Å². The third-order valence-electron chi connectivity index (χ3n) is 5.72. The van der Waals surface area contributed by atoms with E-state index in [4.69, 9.17) is 0 Å². The molecule has 0 aromatic carbocycles. The van der Waals surface area contributed by atoms with Crippen LogP contribution in [0.1, 0.15) is 42.9 Å². The molecule has 1 aliphatic rings. The highest BCUT2D eigenvalue weighted by Crippen LogP contribution is 2.39. The molecule has 3 heterocycles. The molecule has 1 aliphatic carbocycles. The van der Waals surface area contributed by atoms with E-state index in [0.717, 1.165) is 58.9 Å². The van der Waals surface area contributed by atoms with E-state index < -0.39 is 10.0 Å². The first kappa shape index (κ1) is 18.3. The third kappa shape index (κ3) is 3.56. The Morgan fingerprint density at radius 1 is 1.22 bits per heavy atom. The van der Waals surface area contributed by atoms with E-state index in [-0.39, 0.29) is 18.3 Å². The Kier molecular flexibility index (Phi) is 4.88. The predicted molar refractivity (Wildman–Crippen MR) is 105 cm³/mol. The SMILES string of the molecule is CNS(=O)(=O)CC1CCC(c2cc3c(cnc4nccc43)[nH]c2CO)CC1. The van der Waals surface area contributed by atoms with Crippen LogP contribution in [0, 0.1) is 5.92 Å². The number of aromatic nitrogens is 3. The number of H-pyrrole nitrogens is 1. The first-order valence-electron chi connectivity index (χ1n) is 9.28. The standard InChI is InChI=1S/C19H24N4O3S/c1-20-27(25,26)11-12-2-4-13(5-3-12)15-8-16-14-6-7-21-19(14)22-9-17(16)23-18(15)10-24/h6-9,12-13,20,23-24H,2-5,10-11H2,1H3. The number of aliphatic hydroxyl groups is 1. The number of aromatic amines is 1. The number of nitrogens with one attached hydrogen (secondary N) is 2. The first-order valence-corrected chi connectivity index (χ1v) is 10.9. The van der Waals surface area contributed by atoms with Crippen LogP contribution in [0.2, 0.25) is 0 Å². The molecule has 3 N–H and O–H groups in total. The molecular formula is C19H24N4O3S. The van der Waals surface area contributed by atoms with Gasteiger partial charge in [-0.2, -0.15) is 0 Å². The van der Waals surface area contributed by atoms with E-state index in [1.165, 1.54) is 7.05 Å². The van der Waals surface area contributed by atoms with Gasteiger partial charge in [0, 0.05) is 22.7 Å². The van der Waals surface area contributed by atoms with Crippen molar-refractivity contribution in [3.05, 3.63) is 35.8 Å². The quantitative estimate of drug-likeness (QED) is 0.622. The second kappa shape index (κ2) is 7.18. The van der Waals surface area contributed by atoms with Crippen molar-refractivity contribution in [3.8, 4) is 0 Å². The van der Waals surface area contributed by atoms with Crippen molar-refractivity contribution in [1.29, 1.82) is 0 Å². The summed E-state index contributed by atoms with van der Waals surface area (Å²) in [6, 6.07) is 4.11. The van der Waals surface area contributed by atoms with Crippen molar-refractivity contribution < 1.29 is 13.5 Å². The van der Waals surface area contributed by atoms with E-state index in [2.05, 4.69) is 25.7 Å². The molecule has 0 aliphatic heterocycles. The number of hydrogen-bond donors (Lipinski definition) is 3. The Bertz CT molecular complexity index is 1070. The van der Waals surface area contributed by atoms with Crippen LogP contribution in [0.5, 0.6) is 0 Å². The monoisotopic (exact) mass is 388 g/mol. The van der Waals surface area contributed by atoms with Gasteiger partial charge in [0.15, 0.2) is 5.65 Å². The highest BCUT2D eigenvalue weighted by Gasteiger charge is 2.27. The minimum atomic E-state index is -3.17. The minimum Gasteiger partial charge on any atom is -0.390 e. The number of nitrogens with zero attached hydrogens (tertiary/aromatic N) is 2. The van der Waals surface area contributed by atoms with Crippen LogP contribution in [0.4, 0.5) is 0 Å². The van der Waals surface area contributed by atoms with Crippen LogP contribution < -0.4 is 4.72 Å². The molecule has 7 nitrogen and oxygen atoms in total. The summed E-state index contributed by atoms with van der Waals surface area (Å²) < 4.78 is 26.0. The molecule has 1 fully saturated rings. The molecule has 3 aromatic rings. The summed E-state index contributed by atoms with van der Waals surface area (Å²) in [5, 5.41) is 11.9. The van der Waals surface area contributed by atoms with Crippen molar-refractivity contribution in [2.45, 2.75) is 38.2 Å². The Balaban J connectivity index is 1.63. The fraction of sp³-hybridized carbons (Fsp3) is 0.474. The fourth-order valence-electron chi connectivity index (χ4n) is 4.24. The molecular weight excluding hydrogens is 364 g/mol. The Morgan fingerprint density at radius 2 is 2.00 bits per heavy atom. The van der Waals surface area contributed by atoms with Gasteiger partial charge in [-0.25, -0.2) is 23.1 Å². The third-order valence-corrected chi connectivity index (χ3v) is 7.25. The van der Waals surface area contributed by atoms with Gasteiger partial charge >= 0.3 is 0 Å². The molecule has 8 heteroatoms. The molecule has 144 valence electrons. The van der Waals surface area contributed by atoms with Crippen LogP contribution >= 0.6 is 0 Å². The van der Waals surface area contributed by atoms with Crippen LogP contribution in [-0.4, -0.2) is 41.3 Å². The number of sulfonamides is 1. The summed E-state index contributed by atoms with van der Waals surface area (Å²) in [5.74, 6) is 0.696. The number of rotatable bonds is 5. The number of fused-ring (bicyclic) bond motifs is 3. The van der Waals surface area contributed by atoms with Gasteiger partial charge in [-0.05, 0) is 62.3 Å². The molecule has 3 aromatic heterocycles. The fourth-order valence-corrected chi connectivity index (χ4v) is 5.36. The van der Waals surface area contributed by atoms with Crippen LogP contribution in [0.3, 0.4) is 0 Å². The van der Waals surface area contributed by atoms with Gasteiger partial charge in [-0.15, -0.1) is 0 Å². The van der Waals surface area contributed by atoms with Gasteiger partial charge in [0.05, 0.1) is 24.1 Å². The summed E-state index contributed by atoms with van der Waals surface area (Å²) >= 11 is 0. The molecule has 0 amide bonds. The zero-order valence-electron chi connectivity index (χ0n) is 15.3. The summed E-state index contributed by atoms with van der Waals surface area (Å²) in [6.07, 6.45) is 7.10. The van der Waals surface area contributed by atoms with Gasteiger partial charge in [0.1, 0.15) is 0 Å². The highest BCUT2D eigenvalue weighted by molar-refractivity contribution is 7.89.